The second-order valence-electron chi connectivity index (χ2n) is 5.81. The van der Waals surface area contributed by atoms with Crippen molar-refractivity contribution in [2.75, 3.05) is 5.01 Å². The van der Waals surface area contributed by atoms with Gasteiger partial charge in [-0.1, -0.05) is 0 Å². The van der Waals surface area contributed by atoms with Gasteiger partial charge in [-0.05, 0) is 27.7 Å². The number of ether oxygens (including phenoxy) is 1. The lowest BCUT2D eigenvalue weighted by atomic mass is 10.2. The molecule has 7 heteroatoms. The van der Waals surface area contributed by atoms with Gasteiger partial charge in [-0.25, -0.2) is 14.8 Å². The largest absolute Gasteiger partial charge is 0.442 e. The van der Waals surface area contributed by atoms with E-state index in [0.717, 1.165) is 10.7 Å². The van der Waals surface area contributed by atoms with E-state index in [4.69, 9.17) is 4.74 Å². The Morgan fingerprint density at radius 1 is 1.36 bits per heavy atom. The Hall–Kier alpha value is -2.15. The Balaban J connectivity index is 2.29. The summed E-state index contributed by atoms with van der Waals surface area (Å²) in [6, 6.07) is 2.79. The lowest BCUT2D eigenvalue weighted by Crippen LogP contribution is -2.43. The smallest absolute Gasteiger partial charge is 0.429 e. The van der Waals surface area contributed by atoms with Crippen LogP contribution in [-0.2, 0) is 11.3 Å². The highest BCUT2D eigenvalue weighted by atomic mass is 32.1. The molecule has 0 N–H and O–H groups in total. The maximum atomic E-state index is 12.4. The summed E-state index contributed by atoms with van der Waals surface area (Å²) >= 11 is 1.52. The number of nitrogens with zero attached hydrogens (tertiary/aromatic N) is 3. The van der Waals surface area contributed by atoms with Gasteiger partial charge in [0.1, 0.15) is 5.60 Å². The second-order valence-corrected chi connectivity index (χ2v) is 6.87. The van der Waals surface area contributed by atoms with Crippen LogP contribution >= 0.6 is 11.3 Å². The zero-order valence-electron chi connectivity index (χ0n) is 13.1. The predicted molar refractivity (Wildman–Crippen MR) is 85.7 cm³/mol. The van der Waals surface area contributed by atoms with Crippen LogP contribution in [0.5, 0.6) is 0 Å². The van der Waals surface area contributed by atoms with Crippen molar-refractivity contribution in [2.24, 2.45) is 0 Å². The van der Waals surface area contributed by atoms with E-state index < -0.39 is 11.7 Å². The Bertz CT molecular complexity index is 695. The van der Waals surface area contributed by atoms with Crippen molar-refractivity contribution >= 4 is 17.4 Å². The van der Waals surface area contributed by atoms with Crippen LogP contribution in [0.4, 0.5) is 4.79 Å². The fourth-order valence-electron chi connectivity index (χ4n) is 1.76. The van der Waals surface area contributed by atoms with E-state index in [2.05, 4.69) is 4.98 Å². The minimum atomic E-state index is -0.605. The monoisotopic (exact) mass is 321 g/mol. The van der Waals surface area contributed by atoms with E-state index in [1.54, 1.807) is 0 Å². The van der Waals surface area contributed by atoms with Gasteiger partial charge >= 0.3 is 6.09 Å². The van der Waals surface area contributed by atoms with Crippen LogP contribution in [0.2, 0.25) is 0 Å². The third kappa shape index (κ3) is 4.42. The molecule has 0 aromatic carbocycles. The van der Waals surface area contributed by atoms with Gasteiger partial charge in [-0.2, -0.15) is 0 Å². The molecule has 2 heterocycles. The van der Waals surface area contributed by atoms with Crippen molar-refractivity contribution < 1.29 is 9.53 Å². The van der Waals surface area contributed by atoms with Gasteiger partial charge < -0.3 is 4.74 Å². The number of thiazole rings is 1. The number of carbonyl (C=O) groups is 1. The zero-order valence-corrected chi connectivity index (χ0v) is 13.9. The molecule has 0 saturated carbocycles. The van der Waals surface area contributed by atoms with Crippen LogP contribution in [0.1, 0.15) is 31.5 Å². The van der Waals surface area contributed by atoms with Crippen molar-refractivity contribution in [3.63, 3.8) is 0 Å². The summed E-state index contributed by atoms with van der Waals surface area (Å²) in [5.74, 6) is 0. The third-order valence-corrected chi connectivity index (χ3v) is 3.47. The van der Waals surface area contributed by atoms with Gasteiger partial charge in [0.25, 0.3) is 0 Å². The Labute approximate surface area is 132 Å². The molecule has 0 atom stereocenters. The van der Waals surface area contributed by atoms with Crippen molar-refractivity contribution in [3.8, 4) is 0 Å². The van der Waals surface area contributed by atoms with Crippen LogP contribution in [0.3, 0.4) is 0 Å². The molecule has 0 fully saturated rings. The first-order valence-electron chi connectivity index (χ1n) is 6.85. The topological polar surface area (TPSA) is 64.4 Å². The highest BCUT2D eigenvalue weighted by Gasteiger charge is 2.23. The Kier molecular flexibility index (Phi) is 4.65. The molecule has 0 aliphatic rings. The number of aromatic nitrogens is 2. The molecule has 0 unspecified atom stereocenters. The minimum Gasteiger partial charge on any atom is -0.442 e. The molecule has 2 rings (SSSR count). The molecule has 0 bridgehead atoms. The van der Waals surface area contributed by atoms with Gasteiger partial charge in [-0.15, -0.1) is 11.3 Å². The molecule has 6 nitrogen and oxygen atoms in total. The summed E-state index contributed by atoms with van der Waals surface area (Å²) in [6.07, 6.45) is 2.57. The SMILES string of the molecule is Cc1nc(CN(C(=O)OC(C)(C)C)n2ccc(=O)cc2)cs1. The fraction of sp³-hybridized carbons (Fsp3) is 0.400. The average molecular weight is 321 g/mol. The number of hydrogen-bond acceptors (Lipinski definition) is 5. The molecule has 0 saturated heterocycles. The molecule has 2 aromatic heterocycles. The van der Waals surface area contributed by atoms with Crippen molar-refractivity contribution in [1.82, 2.24) is 9.66 Å². The standard InChI is InChI=1S/C15H19N3O3S/c1-11-16-12(10-22-11)9-18(14(20)21-15(2,3)4)17-7-5-13(19)6-8-17/h5-8,10H,9H2,1-4H3. The van der Waals surface area contributed by atoms with Gasteiger partial charge in [0, 0.05) is 29.9 Å². The normalized spacial score (nSPS) is 11.3. The summed E-state index contributed by atoms with van der Waals surface area (Å²) in [5.41, 5.74) is 0.0452. The van der Waals surface area contributed by atoms with Gasteiger partial charge in [0.15, 0.2) is 5.43 Å². The zero-order chi connectivity index (χ0) is 16.3. The van der Waals surface area contributed by atoms with Crippen molar-refractivity contribution in [1.29, 1.82) is 0 Å². The highest BCUT2D eigenvalue weighted by Crippen LogP contribution is 2.14. The lowest BCUT2D eigenvalue weighted by Gasteiger charge is -2.28. The lowest BCUT2D eigenvalue weighted by molar-refractivity contribution is 0.0533. The number of pyridine rings is 1. The molecule has 0 radical (unpaired) electrons. The predicted octanol–water partition coefficient (Wildman–Crippen LogP) is 2.69. The molecule has 0 spiro atoms. The van der Waals surface area contributed by atoms with Crippen molar-refractivity contribution in [3.05, 3.63) is 50.8 Å². The first kappa shape index (κ1) is 16.2. The van der Waals surface area contributed by atoms with Gasteiger partial charge in [0.05, 0.1) is 17.2 Å². The number of aryl methyl sites for hydroxylation is 1. The van der Waals surface area contributed by atoms with Gasteiger partial charge in [0.2, 0.25) is 0 Å². The number of hydrogen-bond donors (Lipinski definition) is 0. The Morgan fingerprint density at radius 2 is 2.00 bits per heavy atom. The number of rotatable bonds is 3. The summed E-state index contributed by atoms with van der Waals surface area (Å²) in [4.78, 5) is 28.0. The summed E-state index contributed by atoms with van der Waals surface area (Å²) in [7, 11) is 0. The summed E-state index contributed by atoms with van der Waals surface area (Å²) in [6.45, 7) is 7.60. The molecule has 22 heavy (non-hydrogen) atoms. The highest BCUT2D eigenvalue weighted by molar-refractivity contribution is 7.09. The van der Waals surface area contributed by atoms with E-state index >= 15 is 0 Å². The van der Waals surface area contributed by atoms with Crippen molar-refractivity contribution in [2.45, 2.75) is 39.8 Å². The minimum absolute atomic E-state index is 0.120. The first-order valence-corrected chi connectivity index (χ1v) is 7.73. The molecule has 2 aromatic rings. The van der Waals surface area contributed by atoms with Gasteiger partial charge in [-0.3, -0.25) is 9.47 Å². The van der Waals surface area contributed by atoms with E-state index in [0.29, 0.717) is 0 Å². The average Bonchev–Trinajstić information content (AvgIpc) is 2.81. The molecule has 118 valence electrons. The molecular weight excluding hydrogens is 302 g/mol. The first-order chi connectivity index (χ1) is 10.2. The van der Waals surface area contributed by atoms with Crippen LogP contribution in [0, 0.1) is 6.92 Å². The van der Waals surface area contributed by atoms with Crippen LogP contribution in [0.15, 0.2) is 34.7 Å². The van der Waals surface area contributed by atoms with E-state index in [1.165, 1.54) is 45.5 Å². The third-order valence-electron chi connectivity index (χ3n) is 2.64. The quantitative estimate of drug-likeness (QED) is 0.872. The molecule has 0 aliphatic carbocycles. The number of amides is 1. The molecule has 0 aliphatic heterocycles. The second kappa shape index (κ2) is 6.31. The maximum absolute atomic E-state index is 12.4. The maximum Gasteiger partial charge on any atom is 0.429 e. The van der Waals surface area contributed by atoms with Crippen LogP contribution < -0.4 is 10.4 Å². The van der Waals surface area contributed by atoms with E-state index in [1.807, 2.05) is 33.1 Å². The fourth-order valence-corrected chi connectivity index (χ4v) is 2.36. The van der Waals surface area contributed by atoms with Crippen LogP contribution in [0.25, 0.3) is 0 Å². The number of carbonyl (C=O) groups excluding carboxylic acids is 1. The van der Waals surface area contributed by atoms with E-state index in [-0.39, 0.29) is 12.0 Å². The summed E-state index contributed by atoms with van der Waals surface area (Å²) in [5, 5.41) is 4.23. The van der Waals surface area contributed by atoms with Crippen LogP contribution in [-0.4, -0.2) is 21.4 Å². The molecule has 1 amide bonds. The summed E-state index contributed by atoms with van der Waals surface area (Å²) < 4.78 is 6.96. The Morgan fingerprint density at radius 3 is 2.50 bits per heavy atom. The van der Waals surface area contributed by atoms with E-state index in [9.17, 15) is 9.59 Å². The molecular formula is C15H19N3O3S.